The number of aromatic nitrogens is 5. The zero-order valence-corrected chi connectivity index (χ0v) is 11.0. The highest BCUT2D eigenvalue weighted by Crippen LogP contribution is 2.13. The van der Waals surface area contributed by atoms with Crippen molar-refractivity contribution in [1.29, 1.82) is 0 Å². The average Bonchev–Trinajstić information content (AvgIpc) is 3.06. The molecule has 0 N–H and O–H groups in total. The van der Waals surface area contributed by atoms with Gasteiger partial charge in [0.25, 0.3) is 0 Å². The second-order valence-electron chi connectivity index (χ2n) is 4.39. The van der Waals surface area contributed by atoms with E-state index in [0.29, 0.717) is 0 Å². The maximum atomic E-state index is 4.51. The maximum absolute atomic E-state index is 4.51. The Hall–Kier alpha value is -2.43. The van der Waals surface area contributed by atoms with Crippen LogP contribution in [0.15, 0.2) is 43.1 Å². The second kappa shape index (κ2) is 4.68. The summed E-state index contributed by atoms with van der Waals surface area (Å²) in [5.41, 5.74) is 4.21. The molecular formula is C14H15N5. The molecule has 0 fully saturated rings. The van der Waals surface area contributed by atoms with E-state index in [1.54, 1.807) is 23.3 Å². The average molecular weight is 253 g/mol. The molecule has 0 amide bonds. The van der Waals surface area contributed by atoms with Crippen molar-refractivity contribution in [2.75, 3.05) is 0 Å². The predicted molar refractivity (Wildman–Crippen MR) is 72.6 cm³/mol. The van der Waals surface area contributed by atoms with Crippen LogP contribution < -0.4 is 0 Å². The Labute approximate surface area is 111 Å². The molecule has 0 saturated carbocycles. The predicted octanol–water partition coefficient (Wildman–Crippen LogP) is 2.32. The lowest BCUT2D eigenvalue weighted by molar-refractivity contribution is 0.855. The van der Waals surface area contributed by atoms with E-state index < -0.39 is 0 Å². The van der Waals surface area contributed by atoms with Crippen molar-refractivity contribution in [3.8, 4) is 11.4 Å². The van der Waals surface area contributed by atoms with E-state index in [-0.39, 0.29) is 0 Å². The number of rotatable bonds is 3. The molecular weight excluding hydrogens is 238 g/mol. The Morgan fingerprint density at radius 1 is 1.11 bits per heavy atom. The highest BCUT2D eigenvalue weighted by molar-refractivity contribution is 5.34. The van der Waals surface area contributed by atoms with Crippen LogP contribution in [-0.4, -0.2) is 24.5 Å². The summed E-state index contributed by atoms with van der Waals surface area (Å²) in [7, 11) is 0. The van der Waals surface area contributed by atoms with Crippen molar-refractivity contribution in [2.24, 2.45) is 0 Å². The first-order valence-corrected chi connectivity index (χ1v) is 6.28. The lowest BCUT2D eigenvalue weighted by Gasteiger charge is -1.98. The van der Waals surface area contributed by atoms with Crippen LogP contribution >= 0.6 is 0 Å². The summed E-state index contributed by atoms with van der Waals surface area (Å²) in [6.07, 6.45) is 10.3. The van der Waals surface area contributed by atoms with Gasteiger partial charge in [-0.3, -0.25) is 4.98 Å². The highest BCUT2D eigenvalue weighted by atomic mass is 15.3. The first-order valence-electron chi connectivity index (χ1n) is 6.28. The van der Waals surface area contributed by atoms with Crippen molar-refractivity contribution < 1.29 is 0 Å². The summed E-state index contributed by atoms with van der Waals surface area (Å²) < 4.78 is 3.67. The van der Waals surface area contributed by atoms with Crippen molar-refractivity contribution in [3.63, 3.8) is 0 Å². The number of aryl methyl sites for hydroxylation is 2. The number of hydrogen-bond acceptors (Lipinski definition) is 3. The minimum Gasteiger partial charge on any atom is -0.262 e. The summed E-state index contributed by atoms with van der Waals surface area (Å²) >= 11 is 0. The molecule has 5 heteroatoms. The molecule has 0 spiro atoms. The topological polar surface area (TPSA) is 48.5 Å². The third-order valence-corrected chi connectivity index (χ3v) is 3.13. The molecule has 0 bridgehead atoms. The Balaban J connectivity index is 1.97. The zero-order chi connectivity index (χ0) is 13.2. The minimum atomic E-state index is 0.938. The number of hydrogen-bond donors (Lipinski definition) is 0. The van der Waals surface area contributed by atoms with E-state index in [0.717, 1.165) is 23.5 Å². The number of nitrogens with zero attached hydrogens (tertiary/aromatic N) is 5. The zero-order valence-electron chi connectivity index (χ0n) is 11.0. The highest BCUT2D eigenvalue weighted by Gasteiger charge is 2.07. The minimum absolute atomic E-state index is 0.938. The van der Waals surface area contributed by atoms with E-state index in [4.69, 9.17) is 0 Å². The Bertz CT molecular complexity index is 681. The van der Waals surface area contributed by atoms with Gasteiger partial charge >= 0.3 is 0 Å². The van der Waals surface area contributed by atoms with Crippen LogP contribution in [0.3, 0.4) is 0 Å². The summed E-state index contributed by atoms with van der Waals surface area (Å²) in [4.78, 5) is 4.09. The molecule has 3 aromatic rings. The third kappa shape index (κ3) is 2.14. The van der Waals surface area contributed by atoms with Crippen LogP contribution in [0.4, 0.5) is 0 Å². The molecule has 3 aromatic heterocycles. The smallest absolute Gasteiger partial charge is 0.103 e. The van der Waals surface area contributed by atoms with E-state index in [1.807, 2.05) is 29.9 Å². The fraction of sp³-hybridized carbons (Fsp3) is 0.214. The Morgan fingerprint density at radius 2 is 2.00 bits per heavy atom. The summed E-state index contributed by atoms with van der Waals surface area (Å²) in [5, 5.41) is 8.85. The Morgan fingerprint density at radius 3 is 2.68 bits per heavy atom. The summed E-state index contributed by atoms with van der Waals surface area (Å²) in [6, 6.07) is 3.86. The van der Waals surface area contributed by atoms with Gasteiger partial charge in [-0.2, -0.15) is 10.2 Å². The van der Waals surface area contributed by atoms with Gasteiger partial charge in [-0.25, -0.2) is 9.36 Å². The van der Waals surface area contributed by atoms with Gasteiger partial charge in [0.15, 0.2) is 0 Å². The summed E-state index contributed by atoms with van der Waals surface area (Å²) in [5.74, 6) is 0. The molecule has 5 nitrogen and oxygen atoms in total. The Kier molecular flexibility index (Phi) is 2.87. The molecule has 19 heavy (non-hydrogen) atoms. The van der Waals surface area contributed by atoms with Crippen LogP contribution in [0.5, 0.6) is 0 Å². The maximum Gasteiger partial charge on any atom is 0.103 e. The first kappa shape index (κ1) is 11.6. The standard InChI is InChI=1S/C14H15N5/c1-3-12-9-19(17-11(12)2)14-8-16-18(10-14)13-5-4-6-15-7-13/h4-10H,3H2,1-2H3. The van der Waals surface area contributed by atoms with Crippen LogP contribution in [0, 0.1) is 6.92 Å². The molecule has 0 atom stereocenters. The van der Waals surface area contributed by atoms with Gasteiger partial charge < -0.3 is 0 Å². The molecule has 0 aliphatic carbocycles. The van der Waals surface area contributed by atoms with Crippen LogP contribution in [0.2, 0.25) is 0 Å². The molecule has 0 aromatic carbocycles. The van der Waals surface area contributed by atoms with Gasteiger partial charge in [-0.05, 0) is 31.0 Å². The molecule has 0 saturated heterocycles. The van der Waals surface area contributed by atoms with Crippen molar-refractivity contribution >= 4 is 0 Å². The largest absolute Gasteiger partial charge is 0.262 e. The van der Waals surface area contributed by atoms with Gasteiger partial charge in [0, 0.05) is 12.4 Å². The molecule has 0 aliphatic rings. The fourth-order valence-corrected chi connectivity index (χ4v) is 2.04. The van der Waals surface area contributed by atoms with Crippen LogP contribution in [-0.2, 0) is 6.42 Å². The SMILES string of the molecule is CCc1cn(-c2cnn(-c3cccnc3)c2)nc1C. The van der Waals surface area contributed by atoms with Crippen molar-refractivity contribution in [2.45, 2.75) is 20.3 Å². The van der Waals surface area contributed by atoms with Gasteiger partial charge in [0.1, 0.15) is 5.69 Å². The van der Waals surface area contributed by atoms with Gasteiger partial charge in [-0.15, -0.1) is 0 Å². The van der Waals surface area contributed by atoms with E-state index in [1.165, 1.54) is 5.56 Å². The quantitative estimate of drug-likeness (QED) is 0.719. The summed E-state index contributed by atoms with van der Waals surface area (Å²) in [6.45, 7) is 4.16. The molecule has 3 heterocycles. The second-order valence-corrected chi connectivity index (χ2v) is 4.39. The van der Waals surface area contributed by atoms with Crippen molar-refractivity contribution in [3.05, 3.63) is 54.4 Å². The molecule has 0 aliphatic heterocycles. The van der Waals surface area contributed by atoms with Gasteiger partial charge in [0.2, 0.25) is 0 Å². The normalized spacial score (nSPS) is 10.8. The van der Waals surface area contributed by atoms with E-state index in [2.05, 4.69) is 28.3 Å². The monoisotopic (exact) mass is 253 g/mol. The van der Waals surface area contributed by atoms with Gasteiger partial charge in [0.05, 0.1) is 30.0 Å². The van der Waals surface area contributed by atoms with E-state index >= 15 is 0 Å². The molecule has 0 radical (unpaired) electrons. The third-order valence-electron chi connectivity index (χ3n) is 3.13. The van der Waals surface area contributed by atoms with Crippen LogP contribution in [0.25, 0.3) is 11.4 Å². The van der Waals surface area contributed by atoms with Crippen LogP contribution in [0.1, 0.15) is 18.2 Å². The molecule has 0 unspecified atom stereocenters. The lowest BCUT2D eigenvalue weighted by atomic mass is 10.2. The lowest BCUT2D eigenvalue weighted by Crippen LogP contribution is -1.95. The molecule has 3 rings (SSSR count). The van der Waals surface area contributed by atoms with Gasteiger partial charge in [-0.1, -0.05) is 6.92 Å². The van der Waals surface area contributed by atoms with E-state index in [9.17, 15) is 0 Å². The van der Waals surface area contributed by atoms with Crippen molar-refractivity contribution in [1.82, 2.24) is 24.5 Å². The molecule has 96 valence electrons. The fourth-order valence-electron chi connectivity index (χ4n) is 2.04. The first-order chi connectivity index (χ1) is 9.28. The number of pyridine rings is 1.